The molecule has 7 heteroatoms. The second-order valence-electron chi connectivity index (χ2n) is 4.94. The van der Waals surface area contributed by atoms with Crippen LogP contribution in [0.4, 0.5) is 0 Å². The van der Waals surface area contributed by atoms with E-state index in [2.05, 4.69) is 0 Å². The van der Waals surface area contributed by atoms with Crippen LogP contribution in [-0.4, -0.2) is 27.6 Å². The fourth-order valence-electron chi connectivity index (χ4n) is 1.98. The molecule has 0 aliphatic carbocycles. The van der Waals surface area contributed by atoms with Crippen LogP contribution in [0.1, 0.15) is 30.4 Å². The van der Waals surface area contributed by atoms with Crippen molar-refractivity contribution in [1.29, 1.82) is 10.8 Å². The minimum atomic E-state index is -0.324. The van der Waals surface area contributed by atoms with Gasteiger partial charge in [-0.25, -0.2) is 0 Å². The van der Waals surface area contributed by atoms with Crippen LogP contribution in [0, 0.1) is 10.8 Å². The van der Waals surface area contributed by atoms with Crippen LogP contribution in [0.3, 0.4) is 0 Å². The van der Waals surface area contributed by atoms with Crippen LogP contribution in [0.2, 0.25) is 0 Å². The first-order valence-corrected chi connectivity index (χ1v) is 8.87. The summed E-state index contributed by atoms with van der Waals surface area (Å²) in [6.07, 6.45) is 1.14. The molecule has 5 nitrogen and oxygen atoms in total. The van der Waals surface area contributed by atoms with Gasteiger partial charge in [0.1, 0.15) is 0 Å². The van der Waals surface area contributed by atoms with E-state index in [9.17, 15) is 4.79 Å². The van der Waals surface area contributed by atoms with Crippen molar-refractivity contribution in [3.8, 4) is 0 Å². The predicted octanol–water partition coefficient (Wildman–Crippen LogP) is 2.55. The third kappa shape index (κ3) is 7.51. The number of carbonyl (C=O) groups is 1. The van der Waals surface area contributed by atoms with Crippen molar-refractivity contribution in [2.45, 2.75) is 25.7 Å². The first-order valence-electron chi connectivity index (χ1n) is 6.90. The lowest BCUT2D eigenvalue weighted by molar-refractivity contribution is -0.118. The number of thioether (sulfide) groups is 2. The summed E-state index contributed by atoms with van der Waals surface area (Å²) in [4.78, 5) is 11.2. The number of hydrogen-bond donors (Lipinski definition) is 4. The lowest BCUT2D eigenvalue weighted by Crippen LogP contribution is -2.17. The molecule has 1 rings (SSSR count). The summed E-state index contributed by atoms with van der Waals surface area (Å²) in [5.74, 6) is 1.17. The van der Waals surface area contributed by atoms with Crippen molar-refractivity contribution >= 4 is 39.6 Å². The zero-order valence-electron chi connectivity index (χ0n) is 12.6. The number of aryl methyl sites for hydroxylation is 1. The Morgan fingerprint density at radius 2 is 1.82 bits per heavy atom. The topological polar surface area (TPSA) is 117 Å². The minimum absolute atomic E-state index is 0.0310. The van der Waals surface area contributed by atoms with Gasteiger partial charge in [0, 0.05) is 23.8 Å². The minimum Gasteiger partial charge on any atom is -0.379 e. The quantitative estimate of drug-likeness (QED) is 0.430. The number of hydrogen-bond acceptors (Lipinski definition) is 5. The molecule has 0 aliphatic rings. The van der Waals surface area contributed by atoms with E-state index in [-0.39, 0.29) is 17.0 Å². The van der Waals surface area contributed by atoms with Crippen molar-refractivity contribution < 1.29 is 4.79 Å². The second-order valence-corrected chi connectivity index (χ2v) is 7.31. The Labute approximate surface area is 139 Å². The SMILES string of the molecule is CC(=N)SC[C@H](CC(N)=O)c1ccc(CCSC(=N)N)cc1. The van der Waals surface area contributed by atoms with E-state index in [4.69, 9.17) is 22.3 Å². The molecule has 0 fully saturated rings. The Morgan fingerprint density at radius 1 is 1.18 bits per heavy atom. The highest BCUT2D eigenvalue weighted by Gasteiger charge is 2.15. The molecule has 1 aromatic rings. The average Bonchev–Trinajstić information content (AvgIpc) is 2.43. The zero-order valence-corrected chi connectivity index (χ0v) is 14.2. The molecular weight excluding hydrogens is 316 g/mol. The molecule has 6 N–H and O–H groups in total. The molecule has 1 amide bonds. The van der Waals surface area contributed by atoms with Crippen molar-refractivity contribution in [2.75, 3.05) is 11.5 Å². The van der Waals surface area contributed by atoms with Crippen molar-refractivity contribution in [3.63, 3.8) is 0 Å². The van der Waals surface area contributed by atoms with Crippen LogP contribution in [0.5, 0.6) is 0 Å². The highest BCUT2D eigenvalue weighted by atomic mass is 32.2. The van der Waals surface area contributed by atoms with Gasteiger partial charge in [-0.05, 0) is 24.5 Å². The summed E-state index contributed by atoms with van der Waals surface area (Å²) >= 11 is 2.76. The average molecular weight is 339 g/mol. The number of primary amides is 1. The molecule has 0 aliphatic heterocycles. The summed E-state index contributed by atoms with van der Waals surface area (Å²) in [6.45, 7) is 1.74. The smallest absolute Gasteiger partial charge is 0.218 e. The lowest BCUT2D eigenvalue weighted by Gasteiger charge is -2.15. The van der Waals surface area contributed by atoms with Gasteiger partial charge < -0.3 is 11.5 Å². The Kier molecular flexibility index (Phi) is 8.05. The van der Waals surface area contributed by atoms with Gasteiger partial charge in [0.2, 0.25) is 5.91 Å². The number of carbonyl (C=O) groups excluding carboxylic acids is 1. The fraction of sp³-hybridized carbons (Fsp3) is 0.400. The summed E-state index contributed by atoms with van der Waals surface area (Å²) < 4.78 is 0. The zero-order chi connectivity index (χ0) is 16.5. The maximum atomic E-state index is 11.2. The normalized spacial score (nSPS) is 11.9. The Balaban J connectivity index is 2.67. The van der Waals surface area contributed by atoms with Gasteiger partial charge >= 0.3 is 0 Å². The summed E-state index contributed by atoms with van der Waals surface area (Å²) in [7, 11) is 0. The number of nitrogens with two attached hydrogens (primary N) is 2. The molecule has 0 radical (unpaired) electrons. The lowest BCUT2D eigenvalue weighted by atomic mass is 9.96. The first-order chi connectivity index (χ1) is 10.4. The predicted molar refractivity (Wildman–Crippen MR) is 96.9 cm³/mol. The molecule has 1 atom stereocenters. The maximum Gasteiger partial charge on any atom is 0.218 e. The standard InChI is InChI=1S/C15H22N4OS2/c1-10(16)22-9-13(8-14(17)20)12-4-2-11(3-5-12)6-7-21-15(18)19/h2-5,13,16H,6-9H2,1H3,(H2,17,20)(H3,18,19)/t13-/m0/s1. The van der Waals surface area contributed by atoms with Crippen LogP contribution in [0.15, 0.2) is 24.3 Å². The highest BCUT2D eigenvalue weighted by Crippen LogP contribution is 2.25. The van der Waals surface area contributed by atoms with Gasteiger partial charge in [0.15, 0.2) is 5.17 Å². The van der Waals surface area contributed by atoms with Gasteiger partial charge in [0.05, 0.1) is 5.04 Å². The van der Waals surface area contributed by atoms with Gasteiger partial charge in [-0.15, -0.1) is 11.8 Å². The highest BCUT2D eigenvalue weighted by molar-refractivity contribution is 8.13. The van der Waals surface area contributed by atoms with E-state index < -0.39 is 0 Å². The third-order valence-electron chi connectivity index (χ3n) is 3.05. The molecule has 0 spiro atoms. The third-order valence-corrected chi connectivity index (χ3v) is 4.77. The molecule has 1 aromatic carbocycles. The van der Waals surface area contributed by atoms with E-state index in [1.54, 1.807) is 6.92 Å². The number of amides is 1. The molecule has 0 saturated carbocycles. The molecule has 0 unspecified atom stereocenters. The molecular formula is C15H22N4OS2. The second kappa shape index (κ2) is 9.53. The van der Waals surface area contributed by atoms with Crippen molar-refractivity contribution in [1.82, 2.24) is 0 Å². The number of benzene rings is 1. The number of rotatable bonds is 8. The molecule has 22 heavy (non-hydrogen) atoms. The van der Waals surface area contributed by atoms with E-state index in [1.807, 2.05) is 24.3 Å². The fourth-order valence-corrected chi connectivity index (χ4v) is 3.30. The van der Waals surface area contributed by atoms with E-state index >= 15 is 0 Å². The van der Waals surface area contributed by atoms with Gasteiger partial charge in [-0.2, -0.15) is 0 Å². The van der Waals surface area contributed by atoms with Crippen LogP contribution in [-0.2, 0) is 11.2 Å². The first kappa shape index (κ1) is 18.6. The van der Waals surface area contributed by atoms with Crippen molar-refractivity contribution in [3.05, 3.63) is 35.4 Å². The Morgan fingerprint density at radius 3 is 2.32 bits per heavy atom. The molecule has 0 aromatic heterocycles. The van der Waals surface area contributed by atoms with Crippen LogP contribution >= 0.6 is 23.5 Å². The Hall–Kier alpha value is -1.47. The van der Waals surface area contributed by atoms with E-state index in [0.717, 1.165) is 17.7 Å². The van der Waals surface area contributed by atoms with E-state index in [0.29, 0.717) is 17.2 Å². The monoisotopic (exact) mass is 338 g/mol. The molecule has 0 heterocycles. The maximum absolute atomic E-state index is 11.2. The van der Waals surface area contributed by atoms with Gasteiger partial charge in [-0.1, -0.05) is 36.0 Å². The van der Waals surface area contributed by atoms with Crippen LogP contribution < -0.4 is 11.5 Å². The largest absolute Gasteiger partial charge is 0.379 e. The molecule has 120 valence electrons. The van der Waals surface area contributed by atoms with E-state index in [1.165, 1.54) is 29.1 Å². The summed E-state index contributed by atoms with van der Waals surface area (Å²) in [5, 5.41) is 15.3. The van der Waals surface area contributed by atoms with Gasteiger partial charge in [-0.3, -0.25) is 15.6 Å². The van der Waals surface area contributed by atoms with Crippen molar-refractivity contribution in [2.24, 2.45) is 11.5 Å². The van der Waals surface area contributed by atoms with Gasteiger partial charge in [0.25, 0.3) is 0 Å². The molecule has 0 saturated heterocycles. The molecule has 0 bridgehead atoms. The number of amidine groups is 1. The Bertz CT molecular complexity index is 531. The summed E-state index contributed by atoms with van der Waals surface area (Å²) in [5.41, 5.74) is 12.9. The van der Waals surface area contributed by atoms with Crippen LogP contribution in [0.25, 0.3) is 0 Å². The number of nitrogens with one attached hydrogen (secondary N) is 2. The summed E-state index contributed by atoms with van der Waals surface area (Å²) in [6, 6.07) is 8.10.